The van der Waals surface area contributed by atoms with Crippen LogP contribution in [0.2, 0.25) is 0 Å². The standard InChI is InChI=1S/C14H15NO3S/c16-13-7-9(14(17)18)8-15(13)11-5-6-19-12-4-2-1-3-10(11)12/h1-4,9,11H,5-8H2,(H,17,18). The van der Waals surface area contributed by atoms with Gasteiger partial charge in [-0.25, -0.2) is 0 Å². The van der Waals surface area contributed by atoms with Crippen molar-refractivity contribution in [1.29, 1.82) is 0 Å². The number of nitrogens with zero attached hydrogens (tertiary/aromatic N) is 1. The summed E-state index contributed by atoms with van der Waals surface area (Å²) in [6.45, 7) is 0.345. The first kappa shape index (κ1) is 12.5. The number of aliphatic carboxylic acids is 1. The van der Waals surface area contributed by atoms with Gasteiger partial charge in [0.05, 0.1) is 12.0 Å². The number of hydrogen-bond acceptors (Lipinski definition) is 3. The summed E-state index contributed by atoms with van der Waals surface area (Å²) in [5.41, 5.74) is 1.16. The number of hydrogen-bond donors (Lipinski definition) is 1. The van der Waals surface area contributed by atoms with E-state index in [4.69, 9.17) is 5.11 Å². The lowest BCUT2D eigenvalue weighted by atomic mass is 10.0. The minimum atomic E-state index is -0.866. The summed E-state index contributed by atoms with van der Waals surface area (Å²) in [6, 6.07) is 8.15. The van der Waals surface area contributed by atoms with Crippen LogP contribution in [-0.2, 0) is 9.59 Å². The van der Waals surface area contributed by atoms with Gasteiger partial charge in [0.1, 0.15) is 0 Å². The van der Waals surface area contributed by atoms with E-state index in [2.05, 4.69) is 6.07 Å². The molecule has 2 aliphatic heterocycles. The van der Waals surface area contributed by atoms with Crippen molar-refractivity contribution in [3.8, 4) is 0 Å². The lowest BCUT2D eigenvalue weighted by molar-refractivity contribution is -0.141. The Morgan fingerprint density at radius 2 is 2.16 bits per heavy atom. The van der Waals surface area contributed by atoms with Gasteiger partial charge in [-0.2, -0.15) is 0 Å². The molecule has 2 aliphatic rings. The Hall–Kier alpha value is -1.49. The van der Waals surface area contributed by atoms with Crippen molar-refractivity contribution in [3.05, 3.63) is 29.8 Å². The molecule has 2 unspecified atom stereocenters. The second-order valence-electron chi connectivity index (χ2n) is 4.98. The fourth-order valence-electron chi connectivity index (χ4n) is 2.85. The van der Waals surface area contributed by atoms with E-state index in [1.807, 2.05) is 18.2 Å². The minimum absolute atomic E-state index is 0.0286. The molecule has 0 aromatic heterocycles. The van der Waals surface area contributed by atoms with Crippen LogP contribution in [0.1, 0.15) is 24.4 Å². The number of rotatable bonds is 2. The van der Waals surface area contributed by atoms with Crippen LogP contribution in [0.3, 0.4) is 0 Å². The van der Waals surface area contributed by atoms with Crippen LogP contribution in [-0.4, -0.2) is 34.2 Å². The molecule has 0 radical (unpaired) electrons. The predicted molar refractivity (Wildman–Crippen MR) is 72.0 cm³/mol. The average Bonchev–Trinajstić information content (AvgIpc) is 2.80. The third-order valence-corrected chi connectivity index (χ3v) is 4.93. The second kappa shape index (κ2) is 4.89. The first-order valence-corrected chi connectivity index (χ1v) is 7.39. The smallest absolute Gasteiger partial charge is 0.308 e. The van der Waals surface area contributed by atoms with Gasteiger partial charge in [-0.05, 0) is 18.1 Å². The molecule has 100 valence electrons. The number of likely N-dealkylation sites (tertiary alicyclic amines) is 1. The van der Waals surface area contributed by atoms with Crippen molar-refractivity contribution in [2.45, 2.75) is 23.8 Å². The second-order valence-corrected chi connectivity index (χ2v) is 6.11. The molecule has 0 aliphatic carbocycles. The van der Waals surface area contributed by atoms with E-state index in [1.165, 1.54) is 4.90 Å². The molecule has 1 aromatic rings. The summed E-state index contributed by atoms with van der Waals surface area (Å²) >= 11 is 1.81. The van der Waals surface area contributed by atoms with Crippen LogP contribution < -0.4 is 0 Å². The van der Waals surface area contributed by atoms with E-state index < -0.39 is 11.9 Å². The van der Waals surface area contributed by atoms with Crippen LogP contribution in [0.4, 0.5) is 0 Å². The number of amides is 1. The molecular weight excluding hydrogens is 262 g/mol. The van der Waals surface area contributed by atoms with E-state index in [9.17, 15) is 9.59 Å². The maximum atomic E-state index is 12.1. The van der Waals surface area contributed by atoms with Crippen molar-refractivity contribution in [3.63, 3.8) is 0 Å². The number of benzene rings is 1. The third-order valence-electron chi connectivity index (χ3n) is 3.81. The number of fused-ring (bicyclic) bond motifs is 1. The van der Waals surface area contributed by atoms with Gasteiger partial charge in [0.15, 0.2) is 0 Å². The Labute approximate surface area is 115 Å². The Kier molecular flexibility index (Phi) is 3.22. The highest BCUT2D eigenvalue weighted by Gasteiger charge is 2.39. The molecule has 0 saturated carbocycles. The molecule has 4 nitrogen and oxygen atoms in total. The molecular formula is C14H15NO3S. The largest absolute Gasteiger partial charge is 0.481 e. The zero-order valence-corrected chi connectivity index (χ0v) is 11.2. The van der Waals surface area contributed by atoms with Crippen molar-refractivity contribution in [1.82, 2.24) is 4.90 Å². The number of carboxylic acid groups (broad SMARTS) is 1. The van der Waals surface area contributed by atoms with Crippen LogP contribution in [0.25, 0.3) is 0 Å². The van der Waals surface area contributed by atoms with E-state index >= 15 is 0 Å². The number of carbonyl (C=O) groups excluding carboxylic acids is 1. The Balaban J connectivity index is 1.88. The molecule has 1 aromatic carbocycles. The molecule has 2 heterocycles. The molecule has 3 rings (SSSR count). The van der Waals surface area contributed by atoms with Gasteiger partial charge in [-0.15, -0.1) is 11.8 Å². The molecule has 1 saturated heterocycles. The fraction of sp³-hybridized carbons (Fsp3) is 0.429. The maximum absolute atomic E-state index is 12.1. The van der Waals surface area contributed by atoms with Gasteiger partial charge in [0.2, 0.25) is 5.91 Å². The highest BCUT2D eigenvalue weighted by atomic mass is 32.2. The highest BCUT2D eigenvalue weighted by molar-refractivity contribution is 7.99. The molecule has 1 N–H and O–H groups in total. The number of carboxylic acids is 1. The highest BCUT2D eigenvalue weighted by Crippen LogP contribution is 2.41. The lowest BCUT2D eigenvalue weighted by Crippen LogP contribution is -2.32. The van der Waals surface area contributed by atoms with Gasteiger partial charge in [0, 0.05) is 23.6 Å². The average molecular weight is 277 g/mol. The van der Waals surface area contributed by atoms with Gasteiger partial charge in [-0.1, -0.05) is 18.2 Å². The van der Waals surface area contributed by atoms with Gasteiger partial charge in [0.25, 0.3) is 0 Å². The summed E-state index contributed by atoms with van der Waals surface area (Å²) < 4.78 is 0. The van der Waals surface area contributed by atoms with Crippen molar-refractivity contribution in [2.24, 2.45) is 5.92 Å². The van der Waals surface area contributed by atoms with Gasteiger partial charge in [-0.3, -0.25) is 9.59 Å². The SMILES string of the molecule is O=C(O)C1CC(=O)N(C2CCSc3ccccc32)C1. The quantitative estimate of drug-likeness (QED) is 0.900. The van der Waals surface area contributed by atoms with Gasteiger partial charge < -0.3 is 10.0 Å². The lowest BCUT2D eigenvalue weighted by Gasteiger charge is -2.32. The summed E-state index contributed by atoms with van der Waals surface area (Å²) in [6.07, 6.45) is 1.04. The summed E-state index contributed by atoms with van der Waals surface area (Å²) in [7, 11) is 0. The van der Waals surface area contributed by atoms with Crippen LogP contribution in [0.15, 0.2) is 29.2 Å². The van der Waals surface area contributed by atoms with E-state index in [0.717, 1.165) is 17.7 Å². The topological polar surface area (TPSA) is 57.6 Å². The first-order chi connectivity index (χ1) is 9.16. The molecule has 1 amide bonds. The van der Waals surface area contributed by atoms with Crippen LogP contribution in [0.5, 0.6) is 0 Å². The van der Waals surface area contributed by atoms with Gasteiger partial charge >= 0.3 is 5.97 Å². The third kappa shape index (κ3) is 2.23. The summed E-state index contributed by atoms with van der Waals surface area (Å²) in [5.74, 6) is -0.467. The minimum Gasteiger partial charge on any atom is -0.481 e. The number of thioether (sulfide) groups is 1. The fourth-order valence-corrected chi connectivity index (χ4v) is 3.95. The zero-order chi connectivity index (χ0) is 13.4. The predicted octanol–water partition coefficient (Wildman–Crippen LogP) is 2.16. The van der Waals surface area contributed by atoms with E-state index in [1.54, 1.807) is 16.7 Å². The molecule has 19 heavy (non-hydrogen) atoms. The monoisotopic (exact) mass is 277 g/mol. The zero-order valence-electron chi connectivity index (χ0n) is 10.4. The molecule has 0 spiro atoms. The summed E-state index contributed by atoms with van der Waals surface area (Å²) in [4.78, 5) is 26.1. The number of carbonyl (C=O) groups is 2. The van der Waals surface area contributed by atoms with Crippen LogP contribution >= 0.6 is 11.8 Å². The van der Waals surface area contributed by atoms with E-state index in [-0.39, 0.29) is 18.4 Å². The summed E-state index contributed by atoms with van der Waals surface area (Å²) in [5, 5.41) is 9.06. The first-order valence-electron chi connectivity index (χ1n) is 6.41. The van der Waals surface area contributed by atoms with Crippen molar-refractivity contribution in [2.75, 3.05) is 12.3 Å². The molecule has 5 heteroatoms. The molecule has 1 fully saturated rings. The Bertz CT molecular complexity index is 531. The Morgan fingerprint density at radius 1 is 1.37 bits per heavy atom. The Morgan fingerprint density at radius 3 is 2.89 bits per heavy atom. The van der Waals surface area contributed by atoms with Crippen molar-refractivity contribution >= 4 is 23.6 Å². The maximum Gasteiger partial charge on any atom is 0.308 e. The molecule has 2 atom stereocenters. The van der Waals surface area contributed by atoms with Crippen LogP contribution in [0, 0.1) is 5.92 Å². The van der Waals surface area contributed by atoms with Crippen molar-refractivity contribution < 1.29 is 14.7 Å². The van der Waals surface area contributed by atoms with E-state index in [0.29, 0.717) is 6.54 Å². The normalized spacial score (nSPS) is 26.3. The molecule has 0 bridgehead atoms.